The molecule has 7 nitrogen and oxygen atoms in total. The van der Waals surface area contributed by atoms with Gasteiger partial charge in [0.2, 0.25) is 0 Å². The molecule has 3 aromatic rings. The number of aliphatic hydroxyl groups is 1. The van der Waals surface area contributed by atoms with Crippen LogP contribution in [-0.2, 0) is 7.05 Å². The lowest BCUT2D eigenvalue weighted by Gasteiger charge is -2.19. The van der Waals surface area contributed by atoms with Crippen LogP contribution in [0.5, 0.6) is 0 Å². The van der Waals surface area contributed by atoms with Crippen LogP contribution in [0.15, 0.2) is 77.1 Å². The number of pyridine rings is 1. The minimum atomic E-state index is -0.759. The number of aliphatic imine (C=N–C) groups is 1. The fraction of sp³-hybridized carbons (Fsp3) is 0.208. The normalized spacial score (nSPS) is 12.8. The van der Waals surface area contributed by atoms with Gasteiger partial charge in [-0.3, -0.25) is 9.48 Å². The van der Waals surface area contributed by atoms with Crippen LogP contribution in [0.1, 0.15) is 29.8 Å². The Labute approximate surface area is 196 Å². The maximum absolute atomic E-state index is 13.9. The van der Waals surface area contributed by atoms with Gasteiger partial charge in [0.1, 0.15) is 11.6 Å². The van der Waals surface area contributed by atoms with Gasteiger partial charge in [0.15, 0.2) is 0 Å². The lowest BCUT2D eigenvalue weighted by molar-refractivity contribution is 0.246. The van der Waals surface area contributed by atoms with Gasteiger partial charge in [-0.2, -0.15) is 5.10 Å². The van der Waals surface area contributed by atoms with E-state index in [0.717, 1.165) is 11.4 Å². The van der Waals surface area contributed by atoms with E-state index in [1.54, 1.807) is 35.2 Å². The van der Waals surface area contributed by atoms with Crippen LogP contribution in [0.3, 0.4) is 0 Å². The van der Waals surface area contributed by atoms with Gasteiger partial charge in [-0.1, -0.05) is 30.3 Å². The Bertz CT molecular complexity index is 1290. The van der Waals surface area contributed by atoms with Gasteiger partial charge in [-0.15, -0.1) is 0 Å². The number of rotatable bonds is 8. The molecule has 0 bridgehead atoms. The molecule has 33 heavy (non-hydrogen) atoms. The molecule has 0 fully saturated rings. The van der Waals surface area contributed by atoms with Crippen molar-refractivity contribution in [3.63, 3.8) is 0 Å². The van der Waals surface area contributed by atoms with Gasteiger partial charge < -0.3 is 15.0 Å². The number of anilines is 1. The first-order valence-electron chi connectivity index (χ1n) is 10.2. The predicted octanol–water partition coefficient (Wildman–Crippen LogP) is 4.21. The summed E-state index contributed by atoms with van der Waals surface area (Å²) in [5.74, 6) is -0.233. The number of aryl methyl sites for hydroxylation is 2. The lowest BCUT2D eigenvalue weighted by atomic mass is 10.1. The maximum Gasteiger partial charge on any atom is 0.251 e. The van der Waals surface area contributed by atoms with Crippen molar-refractivity contribution in [2.24, 2.45) is 12.0 Å². The van der Waals surface area contributed by atoms with E-state index in [-0.39, 0.29) is 17.2 Å². The first-order chi connectivity index (χ1) is 15.7. The second-order valence-electron chi connectivity index (χ2n) is 7.40. The van der Waals surface area contributed by atoms with Crippen LogP contribution in [0.4, 0.5) is 10.1 Å². The van der Waals surface area contributed by atoms with Gasteiger partial charge >= 0.3 is 0 Å². The Balaban J connectivity index is 1.92. The molecule has 0 spiro atoms. The summed E-state index contributed by atoms with van der Waals surface area (Å²) in [4.78, 5) is 17.4. The molecule has 9 heteroatoms. The van der Waals surface area contributed by atoms with Crippen molar-refractivity contribution in [2.75, 3.05) is 11.9 Å². The molecular formula is C24H25ClFN5O2. The maximum atomic E-state index is 13.9. The van der Waals surface area contributed by atoms with Crippen molar-refractivity contribution in [1.82, 2.24) is 14.3 Å². The monoisotopic (exact) mass is 469 g/mol. The average Bonchev–Trinajstić information content (AvgIpc) is 3.08. The van der Waals surface area contributed by atoms with E-state index in [9.17, 15) is 14.3 Å². The molecule has 2 aromatic heterocycles. The van der Waals surface area contributed by atoms with Crippen LogP contribution >= 0.6 is 11.6 Å². The number of hydrogen-bond donors (Lipinski definition) is 2. The second kappa shape index (κ2) is 10.4. The zero-order chi connectivity index (χ0) is 24.1. The van der Waals surface area contributed by atoms with Crippen molar-refractivity contribution in [3.8, 4) is 0 Å². The number of allylic oxidation sites excluding steroid dienone is 2. The summed E-state index contributed by atoms with van der Waals surface area (Å²) in [7, 11) is 1.82. The summed E-state index contributed by atoms with van der Waals surface area (Å²) in [6, 6.07) is 6.55. The number of hydrogen-bond acceptors (Lipinski definition) is 5. The highest BCUT2D eigenvalue weighted by Crippen LogP contribution is 2.22. The molecule has 0 saturated heterocycles. The van der Waals surface area contributed by atoms with Crippen LogP contribution in [-0.4, -0.2) is 31.8 Å². The minimum absolute atomic E-state index is 0.0272. The molecule has 1 atom stereocenters. The van der Waals surface area contributed by atoms with Crippen molar-refractivity contribution in [3.05, 3.63) is 105 Å². The van der Waals surface area contributed by atoms with Gasteiger partial charge in [0, 0.05) is 31.1 Å². The van der Waals surface area contributed by atoms with Crippen LogP contribution in [0.2, 0.25) is 5.02 Å². The molecule has 0 aliphatic rings. The van der Waals surface area contributed by atoms with E-state index in [0.29, 0.717) is 22.7 Å². The molecule has 0 saturated carbocycles. The molecule has 0 aliphatic carbocycles. The number of aliphatic hydroxyl groups excluding tert-OH is 1. The highest BCUT2D eigenvalue weighted by molar-refractivity contribution is 6.30. The zero-order valence-corrected chi connectivity index (χ0v) is 19.3. The number of aromatic nitrogens is 3. The topological polar surface area (TPSA) is 84.4 Å². The lowest BCUT2D eigenvalue weighted by Crippen LogP contribution is -2.27. The first-order valence-corrected chi connectivity index (χ1v) is 10.6. The molecule has 172 valence electrons. The first kappa shape index (κ1) is 24.2. The van der Waals surface area contributed by atoms with E-state index in [1.807, 2.05) is 27.1 Å². The Morgan fingerprint density at radius 2 is 2.15 bits per heavy atom. The van der Waals surface area contributed by atoms with Crippen molar-refractivity contribution < 1.29 is 9.50 Å². The summed E-state index contributed by atoms with van der Waals surface area (Å²) >= 11 is 5.75. The van der Waals surface area contributed by atoms with Gasteiger partial charge in [-0.05, 0) is 43.7 Å². The number of halogens is 2. The Morgan fingerprint density at radius 3 is 2.73 bits per heavy atom. The molecule has 0 aliphatic heterocycles. The van der Waals surface area contributed by atoms with E-state index < -0.39 is 11.9 Å². The largest absolute Gasteiger partial charge is 0.394 e. The number of nitrogens with one attached hydrogen (secondary N) is 1. The Kier molecular flexibility index (Phi) is 7.63. The third-order valence-corrected chi connectivity index (χ3v) is 5.26. The summed E-state index contributed by atoms with van der Waals surface area (Å²) < 4.78 is 16.9. The summed E-state index contributed by atoms with van der Waals surface area (Å²) in [5, 5.41) is 17.2. The summed E-state index contributed by atoms with van der Waals surface area (Å²) in [6.45, 7) is 7.28. The Morgan fingerprint density at radius 1 is 1.39 bits per heavy atom. The number of benzene rings is 1. The molecule has 1 unspecified atom stereocenters. The minimum Gasteiger partial charge on any atom is -0.394 e. The fourth-order valence-corrected chi connectivity index (χ4v) is 3.50. The predicted molar refractivity (Wildman–Crippen MR) is 129 cm³/mol. The molecule has 2 N–H and O–H groups in total. The van der Waals surface area contributed by atoms with Crippen LogP contribution in [0.25, 0.3) is 0 Å². The molecular weight excluding hydrogens is 445 g/mol. The molecule has 1 aromatic carbocycles. The third-order valence-electron chi connectivity index (χ3n) is 4.95. The zero-order valence-electron chi connectivity index (χ0n) is 18.6. The third kappa shape index (κ3) is 5.66. The smallest absolute Gasteiger partial charge is 0.251 e. The van der Waals surface area contributed by atoms with Crippen molar-refractivity contribution >= 4 is 23.0 Å². The fourth-order valence-electron chi connectivity index (χ4n) is 3.39. The number of nitrogens with zero attached hydrogens (tertiary/aromatic N) is 4. The average molecular weight is 470 g/mol. The van der Waals surface area contributed by atoms with Gasteiger partial charge in [0.05, 0.1) is 34.8 Å². The quantitative estimate of drug-likeness (QED) is 0.484. The second-order valence-corrected chi connectivity index (χ2v) is 7.81. The molecule has 3 rings (SSSR count). The molecule has 0 amide bonds. The van der Waals surface area contributed by atoms with Gasteiger partial charge in [-0.25, -0.2) is 9.38 Å². The van der Waals surface area contributed by atoms with E-state index in [2.05, 4.69) is 22.0 Å². The van der Waals surface area contributed by atoms with Crippen LogP contribution in [0, 0.1) is 12.7 Å². The summed E-state index contributed by atoms with van der Waals surface area (Å²) in [6.07, 6.45) is 6.94. The summed E-state index contributed by atoms with van der Waals surface area (Å²) in [5.41, 5.74) is 2.74. The highest BCUT2D eigenvalue weighted by atomic mass is 35.5. The van der Waals surface area contributed by atoms with Crippen molar-refractivity contribution in [1.29, 1.82) is 0 Å². The van der Waals surface area contributed by atoms with E-state index >= 15 is 0 Å². The Hall–Kier alpha value is -3.49. The van der Waals surface area contributed by atoms with E-state index in [1.165, 1.54) is 22.8 Å². The van der Waals surface area contributed by atoms with Gasteiger partial charge in [0.25, 0.3) is 5.56 Å². The highest BCUT2D eigenvalue weighted by Gasteiger charge is 2.17. The van der Waals surface area contributed by atoms with Crippen molar-refractivity contribution in [2.45, 2.75) is 19.9 Å². The van der Waals surface area contributed by atoms with E-state index in [4.69, 9.17) is 11.6 Å². The standard InChI is InChI=1S/C24H25ClFN5O2/c1-5-6-21(27-16(3)28-22-13-30(4)29-15(22)2)17-9-10-31(24(33)12-17)23(14-32)18-7-8-19(25)20(26)11-18/h5-13,23,28,32H,3,14H2,1-2,4H3/b6-5-,27-21?. The van der Waals surface area contributed by atoms with Crippen LogP contribution < -0.4 is 10.9 Å². The molecule has 0 radical (unpaired) electrons. The SMILES string of the molecule is C=C(N=C(/C=C\C)c1ccn(C(CO)c2ccc(Cl)c(F)c2)c(=O)c1)Nc1cn(C)nc1C. The molecule has 2 heterocycles.